The minimum absolute atomic E-state index is 0.199. The van der Waals surface area contributed by atoms with E-state index in [0.717, 1.165) is 17.3 Å². The summed E-state index contributed by atoms with van der Waals surface area (Å²) in [6, 6.07) is 28.7. The summed E-state index contributed by atoms with van der Waals surface area (Å²) in [6.07, 6.45) is 0. The summed E-state index contributed by atoms with van der Waals surface area (Å²) in [5.74, 6) is 1.10. The second-order valence-corrected chi connectivity index (χ2v) is 8.90. The fourth-order valence-corrected chi connectivity index (χ4v) is 6.77. The maximum absolute atomic E-state index is 5.90. The van der Waals surface area contributed by atoms with Gasteiger partial charge in [0.15, 0.2) is 0 Å². The second kappa shape index (κ2) is 5.57. The van der Waals surface area contributed by atoms with Crippen molar-refractivity contribution >= 4 is 50.5 Å². The van der Waals surface area contributed by atoms with Crippen LogP contribution in [0.15, 0.2) is 78.9 Å². The number of benzene rings is 4. The van der Waals surface area contributed by atoms with Crippen LogP contribution in [0.2, 0.25) is 0 Å². The summed E-state index contributed by atoms with van der Waals surface area (Å²) in [5.41, 5.74) is 3.93. The molecule has 4 aromatic carbocycles. The van der Waals surface area contributed by atoms with Gasteiger partial charge in [-0.15, -0.1) is 11.8 Å². The van der Waals surface area contributed by atoms with Crippen LogP contribution in [0.4, 0.5) is 0 Å². The van der Waals surface area contributed by atoms with Gasteiger partial charge in [-0.2, -0.15) is 0 Å². The van der Waals surface area contributed by atoms with Crippen molar-refractivity contribution in [2.75, 3.05) is 12.3 Å². The van der Waals surface area contributed by atoms with Gasteiger partial charge in [0.1, 0.15) is 9.86 Å². The van der Waals surface area contributed by atoms with Crippen molar-refractivity contribution in [1.82, 2.24) is 4.90 Å². The Kier molecular flexibility index (Phi) is 3.23. The predicted octanol–water partition coefficient (Wildman–Crippen LogP) is 5.93. The van der Waals surface area contributed by atoms with Crippen LogP contribution in [-0.4, -0.2) is 22.2 Å². The monoisotopic (exact) mass is 383 g/mol. The molecule has 2 heterocycles. The first-order valence-corrected chi connectivity index (χ1v) is 10.7. The molecule has 0 amide bonds. The Morgan fingerprint density at radius 1 is 0.778 bits per heavy atom. The van der Waals surface area contributed by atoms with Crippen molar-refractivity contribution < 1.29 is 0 Å². The Bertz CT molecular complexity index is 1250. The van der Waals surface area contributed by atoms with Crippen molar-refractivity contribution in [3.8, 4) is 0 Å². The molecule has 2 aliphatic heterocycles. The summed E-state index contributed by atoms with van der Waals surface area (Å²) in [4.78, 5) is 3.24. The third-order valence-electron chi connectivity index (χ3n) is 5.89. The van der Waals surface area contributed by atoms with Crippen LogP contribution in [0.25, 0.3) is 21.5 Å². The lowest BCUT2D eigenvalue weighted by Gasteiger charge is -2.34. The number of nitrogens with zero attached hydrogens (tertiary/aromatic N) is 1. The summed E-state index contributed by atoms with van der Waals surface area (Å²) >= 11 is 7.91. The average molecular weight is 384 g/mol. The molecule has 0 saturated carbocycles. The molecule has 0 radical (unpaired) electrons. The molecule has 0 spiro atoms. The van der Waals surface area contributed by atoms with E-state index in [2.05, 4.69) is 83.8 Å². The molecule has 0 aromatic heterocycles. The Morgan fingerprint density at radius 3 is 2.37 bits per heavy atom. The second-order valence-electron chi connectivity index (χ2n) is 7.22. The smallest absolute Gasteiger partial charge is 0.140 e. The zero-order valence-corrected chi connectivity index (χ0v) is 16.3. The zero-order valence-electron chi connectivity index (χ0n) is 14.7. The summed E-state index contributed by atoms with van der Waals surface area (Å²) in [7, 11) is 0. The van der Waals surface area contributed by atoms with Crippen LogP contribution < -0.4 is 0 Å². The number of rotatable bonds is 1. The van der Waals surface area contributed by atoms with E-state index in [1.54, 1.807) is 0 Å². The average Bonchev–Trinajstić information content (AvgIpc) is 3.25. The van der Waals surface area contributed by atoms with E-state index in [4.69, 9.17) is 12.2 Å². The van der Waals surface area contributed by atoms with Gasteiger partial charge >= 0.3 is 0 Å². The van der Waals surface area contributed by atoms with Crippen molar-refractivity contribution in [2.24, 2.45) is 0 Å². The van der Waals surface area contributed by atoms with E-state index < -0.39 is 0 Å². The number of thiocarbonyl (C=S) groups is 1. The van der Waals surface area contributed by atoms with Gasteiger partial charge in [0.2, 0.25) is 0 Å². The molecule has 0 N–H and O–H groups in total. The van der Waals surface area contributed by atoms with Crippen LogP contribution in [0, 0.1) is 0 Å². The van der Waals surface area contributed by atoms with Gasteiger partial charge in [-0.05, 0) is 33.7 Å². The summed E-state index contributed by atoms with van der Waals surface area (Å²) in [6.45, 7) is 1.00. The van der Waals surface area contributed by atoms with Crippen LogP contribution in [-0.2, 0) is 4.87 Å². The molecule has 1 atom stereocenters. The van der Waals surface area contributed by atoms with Crippen LogP contribution >= 0.6 is 24.0 Å². The molecule has 1 saturated heterocycles. The standard InChI is InChI=1S/C24H17NS2/c26-23-19-9-3-4-10-21(19)24(25(23)12-13-27-24)22-11-5-8-18-14-16-6-1-2-7-17(16)15-20(18)22/h1-11,14-15H,12-13H2. The van der Waals surface area contributed by atoms with E-state index in [0.29, 0.717) is 0 Å². The number of hydrogen-bond donors (Lipinski definition) is 0. The molecule has 27 heavy (non-hydrogen) atoms. The maximum Gasteiger partial charge on any atom is 0.140 e. The molecule has 4 aromatic rings. The molecule has 0 aliphatic carbocycles. The highest BCUT2D eigenvalue weighted by Crippen LogP contribution is 2.56. The minimum Gasteiger partial charge on any atom is -0.339 e. The molecule has 1 unspecified atom stereocenters. The highest BCUT2D eigenvalue weighted by Gasteiger charge is 2.52. The van der Waals surface area contributed by atoms with E-state index in [9.17, 15) is 0 Å². The van der Waals surface area contributed by atoms with Crippen LogP contribution in [0.3, 0.4) is 0 Å². The Labute approximate surface area is 168 Å². The largest absolute Gasteiger partial charge is 0.339 e. The quantitative estimate of drug-likeness (QED) is 0.296. The lowest BCUT2D eigenvalue weighted by Crippen LogP contribution is -2.37. The van der Waals surface area contributed by atoms with Gasteiger partial charge in [0, 0.05) is 29.0 Å². The van der Waals surface area contributed by atoms with E-state index in [1.165, 1.54) is 38.2 Å². The van der Waals surface area contributed by atoms with E-state index >= 15 is 0 Å². The molecule has 3 heteroatoms. The molecule has 130 valence electrons. The molecule has 1 fully saturated rings. The van der Waals surface area contributed by atoms with Crippen molar-refractivity contribution in [1.29, 1.82) is 0 Å². The minimum atomic E-state index is -0.199. The van der Waals surface area contributed by atoms with Crippen molar-refractivity contribution in [3.63, 3.8) is 0 Å². The summed E-state index contributed by atoms with van der Waals surface area (Å²) in [5, 5.41) is 5.20. The van der Waals surface area contributed by atoms with Crippen LogP contribution in [0.5, 0.6) is 0 Å². The molecular formula is C24H17NS2. The Balaban J connectivity index is 1.72. The van der Waals surface area contributed by atoms with Gasteiger partial charge in [-0.25, -0.2) is 0 Å². The SMILES string of the molecule is S=C1c2ccccc2C2(c3cccc4cc5ccccc5cc34)SCCN12. The van der Waals surface area contributed by atoms with E-state index in [1.807, 2.05) is 11.8 Å². The van der Waals surface area contributed by atoms with Gasteiger partial charge < -0.3 is 4.90 Å². The van der Waals surface area contributed by atoms with Gasteiger partial charge in [0.05, 0.1) is 0 Å². The number of fused-ring (bicyclic) bond motifs is 5. The Morgan fingerprint density at radius 2 is 1.48 bits per heavy atom. The molecule has 1 nitrogen and oxygen atoms in total. The third-order valence-corrected chi connectivity index (χ3v) is 7.79. The zero-order chi connectivity index (χ0) is 18.0. The molecule has 0 bridgehead atoms. The molecule has 2 aliphatic rings. The first kappa shape index (κ1) is 15.7. The van der Waals surface area contributed by atoms with Crippen molar-refractivity contribution in [2.45, 2.75) is 4.87 Å². The fourth-order valence-electron chi connectivity index (χ4n) is 4.73. The first-order chi connectivity index (χ1) is 13.3. The first-order valence-electron chi connectivity index (χ1n) is 9.26. The fraction of sp³-hybridized carbons (Fsp3) is 0.125. The van der Waals surface area contributed by atoms with Gasteiger partial charge in [-0.1, -0.05) is 78.9 Å². The Hall–Kier alpha value is -2.36. The predicted molar refractivity (Wildman–Crippen MR) is 120 cm³/mol. The van der Waals surface area contributed by atoms with Crippen LogP contribution in [0.1, 0.15) is 16.7 Å². The topological polar surface area (TPSA) is 3.24 Å². The maximum atomic E-state index is 5.90. The number of thioether (sulfide) groups is 1. The highest BCUT2D eigenvalue weighted by molar-refractivity contribution is 8.00. The third kappa shape index (κ3) is 1.99. The highest BCUT2D eigenvalue weighted by atomic mass is 32.2. The van der Waals surface area contributed by atoms with Gasteiger partial charge in [-0.3, -0.25) is 0 Å². The number of hydrogen-bond acceptors (Lipinski definition) is 2. The summed E-state index contributed by atoms with van der Waals surface area (Å²) < 4.78 is 0. The lowest BCUT2D eigenvalue weighted by atomic mass is 9.91. The molecular weight excluding hydrogens is 366 g/mol. The molecule has 6 rings (SSSR count). The van der Waals surface area contributed by atoms with Crippen molar-refractivity contribution in [3.05, 3.63) is 95.6 Å². The van der Waals surface area contributed by atoms with E-state index in [-0.39, 0.29) is 4.87 Å². The lowest BCUT2D eigenvalue weighted by molar-refractivity contribution is 0.389. The normalized spacial score (nSPS) is 21.0. The van der Waals surface area contributed by atoms with Gasteiger partial charge in [0.25, 0.3) is 0 Å².